The molecular weight excluding hydrogens is 396 g/mol. The van der Waals surface area contributed by atoms with Crippen molar-refractivity contribution < 1.29 is 14.2 Å². The van der Waals surface area contributed by atoms with E-state index in [0.29, 0.717) is 6.61 Å². The van der Waals surface area contributed by atoms with E-state index in [2.05, 4.69) is 33.7 Å². The Hall–Kier alpha value is -2.81. The summed E-state index contributed by atoms with van der Waals surface area (Å²) in [4.78, 5) is 9.30. The molecule has 0 aliphatic carbocycles. The molecule has 0 bridgehead atoms. The zero-order valence-corrected chi connectivity index (χ0v) is 19.0. The molecular formula is C22H34N6O3. The van der Waals surface area contributed by atoms with Crippen molar-refractivity contribution in [1.82, 2.24) is 25.4 Å². The van der Waals surface area contributed by atoms with E-state index in [4.69, 9.17) is 19.2 Å². The molecule has 0 saturated carbocycles. The van der Waals surface area contributed by atoms with Gasteiger partial charge in [0.15, 0.2) is 23.3 Å². The highest BCUT2D eigenvalue weighted by molar-refractivity contribution is 5.80. The third kappa shape index (κ3) is 6.33. The minimum absolute atomic E-state index is 0.272. The molecule has 3 rings (SSSR count). The quantitative estimate of drug-likeness (QED) is 0.338. The molecule has 9 nitrogen and oxygen atoms in total. The van der Waals surface area contributed by atoms with Crippen molar-refractivity contribution in [3.8, 4) is 11.5 Å². The Morgan fingerprint density at radius 2 is 2.06 bits per heavy atom. The second-order valence-corrected chi connectivity index (χ2v) is 7.49. The molecule has 0 amide bonds. The highest BCUT2D eigenvalue weighted by Gasteiger charge is 2.22. The van der Waals surface area contributed by atoms with Gasteiger partial charge in [-0.3, -0.25) is 4.99 Å². The molecule has 0 spiro atoms. The summed E-state index contributed by atoms with van der Waals surface area (Å²) >= 11 is 0. The standard InChI is InChI=1S/C22H34N6O3/c1-5-23-22(24-12-6-7-16-8-10-18(30-3)19(13-16)31-4)25-17-9-11-21-26-20(15-29-2)27-28(21)14-17/h8,10,13,17H,5-7,9,11-12,14-15H2,1-4H3,(H2,23,24,25). The van der Waals surface area contributed by atoms with E-state index < -0.39 is 0 Å². The van der Waals surface area contributed by atoms with Crippen molar-refractivity contribution in [2.75, 3.05) is 34.4 Å². The molecule has 1 unspecified atom stereocenters. The predicted octanol–water partition coefficient (Wildman–Crippen LogP) is 1.94. The van der Waals surface area contributed by atoms with Crippen LogP contribution in [-0.2, 0) is 30.7 Å². The van der Waals surface area contributed by atoms with Crippen LogP contribution in [0.15, 0.2) is 23.2 Å². The SMILES string of the molecule is CCNC(=NCCCc1ccc(OC)c(OC)c1)NC1CCc2nc(COC)nn2C1. The van der Waals surface area contributed by atoms with Gasteiger partial charge in [0.05, 0.1) is 20.8 Å². The maximum Gasteiger partial charge on any atom is 0.191 e. The number of benzene rings is 1. The average molecular weight is 431 g/mol. The highest BCUT2D eigenvalue weighted by atomic mass is 16.5. The number of nitrogens with one attached hydrogen (secondary N) is 2. The van der Waals surface area contributed by atoms with Crippen LogP contribution in [0.5, 0.6) is 11.5 Å². The molecule has 0 fully saturated rings. The molecule has 1 aromatic carbocycles. The van der Waals surface area contributed by atoms with Gasteiger partial charge in [-0.05, 0) is 43.9 Å². The minimum atomic E-state index is 0.272. The van der Waals surface area contributed by atoms with Crippen molar-refractivity contribution in [2.45, 2.75) is 51.8 Å². The maximum absolute atomic E-state index is 5.39. The Kier molecular flexibility index (Phi) is 8.52. The first-order valence-electron chi connectivity index (χ1n) is 10.8. The maximum atomic E-state index is 5.39. The van der Waals surface area contributed by atoms with Gasteiger partial charge in [0.1, 0.15) is 12.4 Å². The van der Waals surface area contributed by atoms with Crippen LogP contribution in [0, 0.1) is 0 Å². The van der Waals surface area contributed by atoms with E-state index in [9.17, 15) is 0 Å². The summed E-state index contributed by atoms with van der Waals surface area (Å²) in [7, 11) is 4.97. The van der Waals surface area contributed by atoms with E-state index in [1.165, 1.54) is 5.56 Å². The van der Waals surface area contributed by atoms with E-state index in [0.717, 1.165) is 74.4 Å². The summed E-state index contributed by atoms with van der Waals surface area (Å²) in [5, 5.41) is 11.4. The van der Waals surface area contributed by atoms with E-state index in [1.54, 1.807) is 21.3 Å². The Bertz CT molecular complexity index is 867. The van der Waals surface area contributed by atoms with Crippen LogP contribution < -0.4 is 20.1 Å². The highest BCUT2D eigenvalue weighted by Crippen LogP contribution is 2.27. The largest absolute Gasteiger partial charge is 0.493 e. The van der Waals surface area contributed by atoms with Gasteiger partial charge in [-0.2, -0.15) is 5.10 Å². The zero-order valence-electron chi connectivity index (χ0n) is 19.0. The summed E-state index contributed by atoms with van der Waals surface area (Å²) in [5.74, 6) is 4.13. The van der Waals surface area contributed by atoms with Crippen LogP contribution in [0.4, 0.5) is 0 Å². The van der Waals surface area contributed by atoms with Gasteiger partial charge in [0.25, 0.3) is 0 Å². The van der Waals surface area contributed by atoms with Crippen LogP contribution in [0.1, 0.15) is 37.0 Å². The summed E-state index contributed by atoms with van der Waals surface area (Å²) in [6, 6.07) is 6.32. The topological polar surface area (TPSA) is 94.8 Å². The lowest BCUT2D eigenvalue weighted by Gasteiger charge is -2.25. The summed E-state index contributed by atoms with van der Waals surface area (Å²) in [6.07, 6.45) is 3.77. The third-order valence-corrected chi connectivity index (χ3v) is 5.20. The zero-order chi connectivity index (χ0) is 22.1. The summed E-state index contributed by atoms with van der Waals surface area (Å²) < 4.78 is 17.8. The number of rotatable bonds is 10. The number of ether oxygens (including phenoxy) is 3. The summed E-state index contributed by atoms with van der Waals surface area (Å²) in [5.41, 5.74) is 1.21. The first-order valence-corrected chi connectivity index (χ1v) is 10.8. The van der Waals surface area contributed by atoms with Crippen molar-refractivity contribution in [1.29, 1.82) is 0 Å². The Morgan fingerprint density at radius 1 is 1.23 bits per heavy atom. The number of aryl methyl sites for hydroxylation is 2. The lowest BCUT2D eigenvalue weighted by Crippen LogP contribution is -2.47. The number of aliphatic imine (C=N–C) groups is 1. The Morgan fingerprint density at radius 3 is 2.81 bits per heavy atom. The van der Waals surface area contributed by atoms with E-state index in [1.807, 2.05) is 16.8 Å². The van der Waals surface area contributed by atoms with Crippen LogP contribution in [-0.4, -0.2) is 61.2 Å². The third-order valence-electron chi connectivity index (χ3n) is 5.20. The fraction of sp³-hybridized carbons (Fsp3) is 0.591. The van der Waals surface area contributed by atoms with Crippen LogP contribution in [0.25, 0.3) is 0 Å². The number of nitrogens with zero attached hydrogens (tertiary/aromatic N) is 4. The molecule has 170 valence electrons. The lowest BCUT2D eigenvalue weighted by atomic mass is 10.1. The molecule has 1 aromatic heterocycles. The minimum Gasteiger partial charge on any atom is -0.493 e. The van der Waals surface area contributed by atoms with Crippen LogP contribution >= 0.6 is 0 Å². The van der Waals surface area contributed by atoms with Gasteiger partial charge in [-0.15, -0.1) is 0 Å². The predicted molar refractivity (Wildman–Crippen MR) is 120 cm³/mol. The molecule has 2 aromatic rings. The van der Waals surface area contributed by atoms with Gasteiger partial charge >= 0.3 is 0 Å². The van der Waals surface area contributed by atoms with Crippen molar-refractivity contribution in [3.05, 3.63) is 35.4 Å². The van der Waals surface area contributed by atoms with Crippen molar-refractivity contribution >= 4 is 5.96 Å². The molecule has 2 N–H and O–H groups in total. The molecule has 9 heteroatoms. The number of fused-ring (bicyclic) bond motifs is 1. The normalized spacial score (nSPS) is 16.0. The number of methoxy groups -OCH3 is 3. The lowest BCUT2D eigenvalue weighted by molar-refractivity contribution is 0.177. The molecule has 1 aliphatic rings. The second kappa shape index (κ2) is 11.5. The molecule has 1 aliphatic heterocycles. The fourth-order valence-electron chi connectivity index (χ4n) is 3.69. The smallest absolute Gasteiger partial charge is 0.191 e. The van der Waals surface area contributed by atoms with Crippen molar-refractivity contribution in [2.24, 2.45) is 4.99 Å². The van der Waals surface area contributed by atoms with Gasteiger partial charge in [-0.25, -0.2) is 9.67 Å². The number of hydrogen-bond donors (Lipinski definition) is 2. The number of hydrogen-bond acceptors (Lipinski definition) is 6. The first-order chi connectivity index (χ1) is 15.2. The Balaban J connectivity index is 1.52. The summed E-state index contributed by atoms with van der Waals surface area (Å²) in [6.45, 7) is 4.86. The van der Waals surface area contributed by atoms with E-state index in [-0.39, 0.29) is 6.04 Å². The molecule has 0 radical (unpaired) electrons. The molecule has 31 heavy (non-hydrogen) atoms. The average Bonchev–Trinajstić information content (AvgIpc) is 3.18. The number of aromatic nitrogens is 3. The molecule has 0 saturated heterocycles. The molecule has 2 heterocycles. The van der Waals surface area contributed by atoms with Gasteiger partial charge in [-0.1, -0.05) is 6.07 Å². The van der Waals surface area contributed by atoms with Crippen LogP contribution in [0.3, 0.4) is 0 Å². The fourth-order valence-corrected chi connectivity index (χ4v) is 3.69. The monoisotopic (exact) mass is 430 g/mol. The van der Waals surface area contributed by atoms with Crippen LogP contribution in [0.2, 0.25) is 0 Å². The van der Waals surface area contributed by atoms with Gasteiger partial charge < -0.3 is 24.8 Å². The van der Waals surface area contributed by atoms with Crippen molar-refractivity contribution in [3.63, 3.8) is 0 Å². The second-order valence-electron chi connectivity index (χ2n) is 7.49. The van der Waals surface area contributed by atoms with Gasteiger partial charge in [0.2, 0.25) is 0 Å². The first kappa shape index (κ1) is 22.9. The molecule has 1 atom stereocenters. The van der Waals surface area contributed by atoms with E-state index >= 15 is 0 Å². The number of guanidine groups is 1. The Labute approximate surface area is 184 Å². The van der Waals surface area contributed by atoms with Gasteiger partial charge in [0, 0.05) is 32.7 Å².